The summed E-state index contributed by atoms with van der Waals surface area (Å²) in [6, 6.07) is 13.0. The maximum absolute atomic E-state index is 12.1. The Morgan fingerprint density at radius 1 is 1.04 bits per heavy atom. The molecule has 0 aliphatic heterocycles. The molecule has 3 rings (SSSR count). The monoisotopic (exact) mass is 319 g/mol. The smallest absolute Gasteiger partial charge is 0.406 e. The summed E-state index contributed by atoms with van der Waals surface area (Å²) in [5.41, 5.74) is 2.40. The number of carbonyl (C=O) groups is 1. The number of fused-ring (bicyclic) bond motifs is 1. The van der Waals surface area contributed by atoms with Gasteiger partial charge in [0.25, 0.3) is 0 Å². The fourth-order valence-electron chi connectivity index (χ4n) is 2.42. The summed E-state index contributed by atoms with van der Waals surface area (Å²) in [7, 11) is 0. The summed E-state index contributed by atoms with van der Waals surface area (Å²) in [5.74, 6) is -0.241. The summed E-state index contributed by atoms with van der Waals surface area (Å²) >= 11 is 0. The van der Waals surface area contributed by atoms with Gasteiger partial charge in [0.2, 0.25) is 0 Å². The molecule has 1 heterocycles. The predicted octanol–water partition coefficient (Wildman–Crippen LogP) is 4.40. The second-order valence-electron chi connectivity index (χ2n) is 5.07. The molecular formula is C17H12F3NO2. The van der Waals surface area contributed by atoms with Crippen LogP contribution in [0.3, 0.4) is 0 Å². The quantitative estimate of drug-likeness (QED) is 0.667. The molecule has 2 aromatic carbocycles. The first-order chi connectivity index (χ1) is 10.9. The lowest BCUT2D eigenvalue weighted by atomic mass is 10.2. The predicted molar refractivity (Wildman–Crippen MR) is 79.6 cm³/mol. The number of hydrogen-bond donors (Lipinski definition) is 0. The van der Waals surface area contributed by atoms with Gasteiger partial charge >= 0.3 is 6.36 Å². The summed E-state index contributed by atoms with van der Waals surface area (Å²) in [6.45, 7) is 0.510. The number of aldehydes is 1. The van der Waals surface area contributed by atoms with E-state index in [-0.39, 0.29) is 5.75 Å². The minimum Gasteiger partial charge on any atom is -0.406 e. The van der Waals surface area contributed by atoms with Crippen LogP contribution >= 0.6 is 0 Å². The van der Waals surface area contributed by atoms with Crippen LogP contribution in [0.5, 0.6) is 5.75 Å². The van der Waals surface area contributed by atoms with Gasteiger partial charge in [-0.1, -0.05) is 12.1 Å². The molecule has 0 aliphatic rings. The van der Waals surface area contributed by atoms with Crippen LogP contribution in [0.15, 0.2) is 54.7 Å². The average Bonchev–Trinajstić information content (AvgIpc) is 2.90. The molecule has 0 saturated heterocycles. The van der Waals surface area contributed by atoms with E-state index in [0.717, 1.165) is 22.8 Å². The molecule has 0 amide bonds. The third-order valence-corrected chi connectivity index (χ3v) is 3.44. The number of carbonyl (C=O) groups excluding carboxylic acids is 1. The Morgan fingerprint density at radius 3 is 2.43 bits per heavy atom. The van der Waals surface area contributed by atoms with Crippen molar-refractivity contribution in [2.45, 2.75) is 12.9 Å². The Morgan fingerprint density at radius 2 is 1.78 bits per heavy atom. The van der Waals surface area contributed by atoms with Gasteiger partial charge in [-0.2, -0.15) is 0 Å². The number of benzene rings is 2. The van der Waals surface area contributed by atoms with Gasteiger partial charge in [-0.05, 0) is 42.0 Å². The molecular weight excluding hydrogens is 307 g/mol. The van der Waals surface area contributed by atoms with Crippen molar-refractivity contribution >= 4 is 17.2 Å². The first kappa shape index (κ1) is 15.1. The van der Waals surface area contributed by atoms with E-state index < -0.39 is 6.36 Å². The largest absolute Gasteiger partial charge is 0.573 e. The van der Waals surface area contributed by atoms with Crippen molar-refractivity contribution in [2.75, 3.05) is 0 Å². The molecule has 1 aromatic heterocycles. The standard InChI is InChI=1S/C17H12F3NO2/c18-17(19,20)23-15-4-1-12(2-5-15)10-21-8-7-14-9-13(11-22)3-6-16(14)21/h1-9,11H,10H2. The molecule has 0 unspecified atom stereocenters. The van der Waals surface area contributed by atoms with Crippen molar-refractivity contribution in [3.63, 3.8) is 0 Å². The van der Waals surface area contributed by atoms with Crippen LogP contribution in [-0.4, -0.2) is 17.2 Å². The van der Waals surface area contributed by atoms with E-state index in [4.69, 9.17) is 0 Å². The number of ether oxygens (including phenoxy) is 1. The summed E-state index contributed by atoms with van der Waals surface area (Å²) < 4.78 is 42.2. The Hall–Kier alpha value is -2.76. The molecule has 0 fully saturated rings. The Balaban J connectivity index is 1.80. The third-order valence-electron chi connectivity index (χ3n) is 3.44. The van der Waals surface area contributed by atoms with Crippen molar-refractivity contribution in [3.05, 3.63) is 65.9 Å². The second-order valence-corrected chi connectivity index (χ2v) is 5.07. The molecule has 0 aliphatic carbocycles. The summed E-state index contributed by atoms with van der Waals surface area (Å²) in [5, 5.41) is 0.937. The first-order valence-corrected chi connectivity index (χ1v) is 6.83. The van der Waals surface area contributed by atoms with Gasteiger partial charge < -0.3 is 9.30 Å². The highest BCUT2D eigenvalue weighted by Gasteiger charge is 2.30. The molecule has 118 valence electrons. The van der Waals surface area contributed by atoms with E-state index in [1.54, 1.807) is 24.3 Å². The fourth-order valence-corrected chi connectivity index (χ4v) is 2.42. The van der Waals surface area contributed by atoms with Crippen LogP contribution in [0, 0.1) is 0 Å². The lowest BCUT2D eigenvalue weighted by Gasteiger charge is -2.10. The van der Waals surface area contributed by atoms with Crippen LogP contribution in [0.25, 0.3) is 10.9 Å². The number of alkyl halides is 3. The summed E-state index contributed by atoms with van der Waals surface area (Å²) in [4.78, 5) is 10.8. The van der Waals surface area contributed by atoms with E-state index in [0.29, 0.717) is 12.1 Å². The van der Waals surface area contributed by atoms with Crippen molar-refractivity contribution < 1.29 is 22.7 Å². The van der Waals surface area contributed by atoms with Gasteiger partial charge in [0.15, 0.2) is 0 Å². The minimum atomic E-state index is -4.69. The lowest BCUT2D eigenvalue weighted by Crippen LogP contribution is -2.17. The summed E-state index contributed by atoms with van der Waals surface area (Å²) in [6.07, 6.45) is -2.02. The fraction of sp³-hybridized carbons (Fsp3) is 0.118. The highest BCUT2D eigenvalue weighted by atomic mass is 19.4. The van der Waals surface area contributed by atoms with E-state index in [9.17, 15) is 18.0 Å². The van der Waals surface area contributed by atoms with Crippen molar-refractivity contribution in [1.82, 2.24) is 4.57 Å². The molecule has 6 heteroatoms. The van der Waals surface area contributed by atoms with Crippen molar-refractivity contribution in [1.29, 1.82) is 0 Å². The topological polar surface area (TPSA) is 31.2 Å². The highest BCUT2D eigenvalue weighted by molar-refractivity contribution is 5.87. The second kappa shape index (κ2) is 5.79. The highest BCUT2D eigenvalue weighted by Crippen LogP contribution is 2.24. The lowest BCUT2D eigenvalue weighted by molar-refractivity contribution is -0.274. The van der Waals surface area contributed by atoms with Crippen molar-refractivity contribution in [3.8, 4) is 5.75 Å². The van der Waals surface area contributed by atoms with E-state index >= 15 is 0 Å². The zero-order valence-electron chi connectivity index (χ0n) is 11.9. The van der Waals surface area contributed by atoms with E-state index in [1.165, 1.54) is 12.1 Å². The maximum Gasteiger partial charge on any atom is 0.573 e. The number of halogens is 3. The molecule has 0 saturated carbocycles. The van der Waals surface area contributed by atoms with Crippen LogP contribution in [0.2, 0.25) is 0 Å². The molecule has 3 aromatic rings. The average molecular weight is 319 g/mol. The third kappa shape index (κ3) is 3.53. The molecule has 23 heavy (non-hydrogen) atoms. The van der Waals surface area contributed by atoms with Gasteiger partial charge in [-0.15, -0.1) is 13.2 Å². The molecule has 0 N–H and O–H groups in total. The van der Waals surface area contributed by atoms with Gasteiger partial charge in [0, 0.05) is 29.2 Å². The number of rotatable bonds is 4. The number of aromatic nitrogens is 1. The van der Waals surface area contributed by atoms with Gasteiger partial charge in [-0.25, -0.2) is 0 Å². The molecule has 3 nitrogen and oxygen atoms in total. The van der Waals surface area contributed by atoms with Gasteiger partial charge in [0.05, 0.1) is 0 Å². The zero-order valence-corrected chi connectivity index (χ0v) is 11.9. The Kier molecular flexibility index (Phi) is 3.82. The number of hydrogen-bond acceptors (Lipinski definition) is 2. The Labute approximate surface area is 129 Å². The molecule has 0 radical (unpaired) electrons. The Bertz CT molecular complexity index is 835. The van der Waals surface area contributed by atoms with Crippen molar-refractivity contribution in [2.24, 2.45) is 0 Å². The van der Waals surface area contributed by atoms with E-state index in [2.05, 4.69) is 4.74 Å². The van der Waals surface area contributed by atoms with Crippen LogP contribution < -0.4 is 4.74 Å². The number of nitrogens with zero attached hydrogens (tertiary/aromatic N) is 1. The van der Waals surface area contributed by atoms with Crippen LogP contribution in [0.4, 0.5) is 13.2 Å². The van der Waals surface area contributed by atoms with E-state index in [1.807, 2.05) is 22.9 Å². The van der Waals surface area contributed by atoms with Gasteiger partial charge in [0.1, 0.15) is 12.0 Å². The first-order valence-electron chi connectivity index (χ1n) is 6.83. The molecule has 0 spiro atoms. The molecule has 0 atom stereocenters. The zero-order chi connectivity index (χ0) is 16.4. The normalized spacial score (nSPS) is 11.6. The van der Waals surface area contributed by atoms with Crippen LogP contribution in [-0.2, 0) is 6.54 Å². The van der Waals surface area contributed by atoms with Crippen LogP contribution in [0.1, 0.15) is 15.9 Å². The maximum atomic E-state index is 12.1. The molecule has 0 bridgehead atoms. The van der Waals surface area contributed by atoms with Gasteiger partial charge in [-0.3, -0.25) is 4.79 Å². The SMILES string of the molecule is O=Cc1ccc2c(ccn2Cc2ccc(OC(F)(F)F)cc2)c1. The minimum absolute atomic E-state index is 0.241.